The highest BCUT2D eigenvalue weighted by Gasteiger charge is 2.23. The Morgan fingerprint density at radius 2 is 1.68 bits per heavy atom. The minimum Gasteiger partial charge on any atom is -0.465 e. The molecular formula is C25H30N6O2S. The summed E-state index contributed by atoms with van der Waals surface area (Å²) in [5, 5.41) is 11.8. The van der Waals surface area contributed by atoms with E-state index >= 15 is 0 Å². The van der Waals surface area contributed by atoms with E-state index in [1.807, 2.05) is 49.3 Å². The second-order valence-electron chi connectivity index (χ2n) is 8.64. The number of rotatable bonds is 6. The Bertz CT molecular complexity index is 1160. The van der Waals surface area contributed by atoms with Crippen molar-refractivity contribution in [2.45, 2.75) is 37.8 Å². The van der Waals surface area contributed by atoms with Gasteiger partial charge in [0.05, 0.1) is 18.2 Å². The summed E-state index contributed by atoms with van der Waals surface area (Å²) >= 11 is 5.49. The summed E-state index contributed by atoms with van der Waals surface area (Å²) in [4.78, 5) is 23.1. The van der Waals surface area contributed by atoms with Gasteiger partial charge in [0.1, 0.15) is 5.82 Å². The van der Waals surface area contributed by atoms with Crippen LogP contribution in [-0.4, -0.2) is 54.3 Å². The van der Waals surface area contributed by atoms with Crippen LogP contribution in [0, 0.1) is 0 Å². The largest absolute Gasteiger partial charge is 0.465 e. The highest BCUT2D eigenvalue weighted by molar-refractivity contribution is 7.80. The van der Waals surface area contributed by atoms with Crippen molar-refractivity contribution in [3.63, 3.8) is 0 Å². The number of aromatic nitrogens is 2. The second-order valence-corrected chi connectivity index (χ2v) is 9.05. The molecule has 1 aromatic heterocycles. The van der Waals surface area contributed by atoms with Crippen molar-refractivity contribution >= 4 is 51.7 Å². The minimum atomic E-state index is -0.357. The van der Waals surface area contributed by atoms with E-state index in [9.17, 15) is 4.79 Å². The molecule has 1 aliphatic rings. The average Bonchev–Trinajstić information content (AvgIpc) is 2.84. The van der Waals surface area contributed by atoms with E-state index in [0.717, 1.165) is 48.1 Å². The molecule has 1 fully saturated rings. The molecule has 34 heavy (non-hydrogen) atoms. The smallest absolute Gasteiger partial charge is 0.337 e. The van der Waals surface area contributed by atoms with Crippen LogP contribution in [0.25, 0.3) is 10.9 Å². The van der Waals surface area contributed by atoms with Crippen molar-refractivity contribution < 1.29 is 9.53 Å². The maximum Gasteiger partial charge on any atom is 0.337 e. The molecule has 0 saturated heterocycles. The standard InChI is InChI=1S/C25H30N6O2S/c1-31(2)22-20-6-4-5-7-21(20)29-24(30-22)26-17-12-14-19(15-13-17)28-25(34)27-18-10-8-16(9-11-18)23(32)33-3/h4-11,17,19H,12-15H2,1-3H3,(H,26,29,30)(H2,27,28,34). The van der Waals surface area contributed by atoms with Gasteiger partial charge in [0.25, 0.3) is 0 Å². The van der Waals surface area contributed by atoms with E-state index in [1.165, 1.54) is 7.11 Å². The van der Waals surface area contributed by atoms with Gasteiger partial charge in [-0.3, -0.25) is 0 Å². The summed E-state index contributed by atoms with van der Waals surface area (Å²) in [6, 6.07) is 15.8. The highest BCUT2D eigenvalue weighted by Crippen LogP contribution is 2.26. The molecule has 0 bridgehead atoms. The lowest BCUT2D eigenvalue weighted by Gasteiger charge is -2.30. The van der Waals surface area contributed by atoms with E-state index in [1.54, 1.807) is 12.1 Å². The number of hydrogen-bond donors (Lipinski definition) is 3. The summed E-state index contributed by atoms with van der Waals surface area (Å²) in [7, 11) is 5.37. The lowest BCUT2D eigenvalue weighted by molar-refractivity contribution is 0.0601. The molecule has 0 atom stereocenters. The second kappa shape index (κ2) is 10.6. The van der Waals surface area contributed by atoms with Gasteiger partial charge in [-0.2, -0.15) is 4.98 Å². The van der Waals surface area contributed by atoms with Crippen molar-refractivity contribution in [3.8, 4) is 0 Å². The number of para-hydroxylation sites is 1. The van der Waals surface area contributed by atoms with Crippen molar-refractivity contribution in [2.24, 2.45) is 0 Å². The zero-order valence-electron chi connectivity index (χ0n) is 19.7. The van der Waals surface area contributed by atoms with Crippen LogP contribution in [-0.2, 0) is 4.74 Å². The van der Waals surface area contributed by atoms with Gasteiger partial charge in [0, 0.05) is 37.3 Å². The van der Waals surface area contributed by atoms with Gasteiger partial charge in [-0.1, -0.05) is 12.1 Å². The van der Waals surface area contributed by atoms with Crippen LogP contribution < -0.4 is 20.9 Å². The third-order valence-electron chi connectivity index (χ3n) is 5.97. The minimum absolute atomic E-state index is 0.308. The molecule has 0 aliphatic heterocycles. The lowest BCUT2D eigenvalue weighted by atomic mass is 9.91. The molecule has 0 spiro atoms. The van der Waals surface area contributed by atoms with Crippen LogP contribution in [0.1, 0.15) is 36.0 Å². The third kappa shape index (κ3) is 5.72. The molecule has 2 aromatic carbocycles. The van der Waals surface area contributed by atoms with Crippen molar-refractivity contribution in [1.82, 2.24) is 15.3 Å². The topological polar surface area (TPSA) is 91.4 Å². The molecule has 8 nitrogen and oxygen atoms in total. The summed E-state index contributed by atoms with van der Waals surface area (Å²) in [6.45, 7) is 0. The number of fused-ring (bicyclic) bond motifs is 1. The Kier molecular flexibility index (Phi) is 7.42. The predicted octanol–water partition coefficient (Wildman–Crippen LogP) is 4.19. The number of ether oxygens (including phenoxy) is 1. The van der Waals surface area contributed by atoms with E-state index in [2.05, 4.69) is 22.0 Å². The van der Waals surface area contributed by atoms with E-state index < -0.39 is 0 Å². The Morgan fingerprint density at radius 1 is 1.00 bits per heavy atom. The summed E-state index contributed by atoms with van der Waals surface area (Å²) in [5.41, 5.74) is 2.27. The first-order valence-corrected chi connectivity index (χ1v) is 11.8. The van der Waals surface area contributed by atoms with Crippen molar-refractivity contribution in [2.75, 3.05) is 36.7 Å². The van der Waals surface area contributed by atoms with Crippen LogP contribution in [0.4, 0.5) is 17.5 Å². The molecule has 9 heteroatoms. The quantitative estimate of drug-likeness (QED) is 0.356. The van der Waals surface area contributed by atoms with E-state index in [4.69, 9.17) is 26.9 Å². The van der Waals surface area contributed by atoms with Crippen LogP contribution in [0.5, 0.6) is 0 Å². The first kappa shape index (κ1) is 23.7. The summed E-state index contributed by atoms with van der Waals surface area (Å²) in [5.74, 6) is 1.23. The van der Waals surface area contributed by atoms with Gasteiger partial charge < -0.3 is 25.6 Å². The maximum atomic E-state index is 11.6. The average molecular weight is 479 g/mol. The molecule has 178 valence electrons. The number of carbonyl (C=O) groups is 1. The monoisotopic (exact) mass is 478 g/mol. The molecule has 3 N–H and O–H groups in total. The fourth-order valence-corrected chi connectivity index (χ4v) is 4.47. The van der Waals surface area contributed by atoms with Gasteiger partial charge in [-0.25, -0.2) is 9.78 Å². The SMILES string of the molecule is COC(=O)c1ccc(NC(=S)NC2CCC(Nc3nc(N(C)C)c4ccccc4n3)CC2)cc1. The predicted molar refractivity (Wildman–Crippen MR) is 141 cm³/mol. The summed E-state index contributed by atoms with van der Waals surface area (Å²) < 4.78 is 4.73. The van der Waals surface area contributed by atoms with E-state index in [0.29, 0.717) is 28.7 Å². The number of thiocarbonyl (C=S) groups is 1. The van der Waals surface area contributed by atoms with Crippen LogP contribution in [0.2, 0.25) is 0 Å². The lowest BCUT2D eigenvalue weighted by Crippen LogP contribution is -2.42. The Morgan fingerprint density at radius 3 is 2.35 bits per heavy atom. The van der Waals surface area contributed by atoms with Crippen LogP contribution in [0.15, 0.2) is 48.5 Å². The highest BCUT2D eigenvalue weighted by atomic mass is 32.1. The molecule has 1 aliphatic carbocycles. The molecule has 1 saturated carbocycles. The number of benzene rings is 2. The number of hydrogen-bond acceptors (Lipinski definition) is 7. The van der Waals surface area contributed by atoms with Crippen molar-refractivity contribution in [1.29, 1.82) is 0 Å². The zero-order valence-corrected chi connectivity index (χ0v) is 20.5. The van der Waals surface area contributed by atoms with Gasteiger partial charge in [0.15, 0.2) is 5.11 Å². The van der Waals surface area contributed by atoms with Gasteiger partial charge >= 0.3 is 5.97 Å². The normalized spacial score (nSPS) is 17.6. The molecule has 0 amide bonds. The number of methoxy groups -OCH3 is 1. The number of nitrogens with zero attached hydrogens (tertiary/aromatic N) is 3. The first-order chi connectivity index (χ1) is 16.4. The maximum absolute atomic E-state index is 11.6. The van der Waals surface area contributed by atoms with Gasteiger partial charge in [-0.05, 0) is 74.3 Å². The fraction of sp³-hybridized carbons (Fsp3) is 0.360. The number of esters is 1. The van der Waals surface area contributed by atoms with Crippen LogP contribution >= 0.6 is 12.2 Å². The van der Waals surface area contributed by atoms with Gasteiger partial charge in [0.2, 0.25) is 5.95 Å². The number of nitrogens with one attached hydrogen (secondary N) is 3. The van der Waals surface area contributed by atoms with E-state index in [-0.39, 0.29) is 5.97 Å². The van der Waals surface area contributed by atoms with Crippen molar-refractivity contribution in [3.05, 3.63) is 54.1 Å². The third-order valence-corrected chi connectivity index (χ3v) is 6.19. The Balaban J connectivity index is 1.29. The summed E-state index contributed by atoms with van der Waals surface area (Å²) in [6.07, 6.45) is 3.99. The van der Waals surface area contributed by atoms with Crippen LogP contribution in [0.3, 0.4) is 0 Å². The number of anilines is 3. The van der Waals surface area contributed by atoms with Gasteiger partial charge in [-0.15, -0.1) is 0 Å². The molecule has 0 radical (unpaired) electrons. The molecule has 0 unspecified atom stereocenters. The fourth-order valence-electron chi connectivity index (χ4n) is 4.19. The zero-order chi connectivity index (χ0) is 24.1. The molecule has 3 aromatic rings. The molecule has 4 rings (SSSR count). The Labute approximate surface area is 205 Å². The number of carbonyl (C=O) groups excluding carboxylic acids is 1. The molecular weight excluding hydrogens is 448 g/mol. The Hall–Kier alpha value is -3.46. The first-order valence-electron chi connectivity index (χ1n) is 11.4. The molecule has 1 heterocycles.